The fourth-order valence-corrected chi connectivity index (χ4v) is 6.97. The summed E-state index contributed by atoms with van der Waals surface area (Å²) in [5.41, 5.74) is 1.62. The Labute approximate surface area is 296 Å². The number of nitrogens with zero attached hydrogens (tertiary/aromatic N) is 2. The second-order valence-electron chi connectivity index (χ2n) is 14.2. The molecule has 0 spiro atoms. The minimum absolute atomic E-state index is 0.0184. The summed E-state index contributed by atoms with van der Waals surface area (Å²) in [6.07, 6.45) is 6.92. The monoisotopic (exact) mass is 686 g/mol. The number of carbonyl (C=O) groups excluding carboxylic acids is 3. The Morgan fingerprint density at radius 3 is 2.48 bits per heavy atom. The fourth-order valence-electron chi connectivity index (χ4n) is 6.97. The number of hydrogen-bond acceptors (Lipinski definition) is 6. The van der Waals surface area contributed by atoms with Crippen LogP contribution in [0.4, 0.5) is 16.2 Å². The maximum atomic E-state index is 14.5. The first-order chi connectivity index (χ1) is 24.1. The minimum Gasteiger partial charge on any atom is -0.490 e. The Balaban J connectivity index is 1.37. The van der Waals surface area contributed by atoms with Crippen molar-refractivity contribution in [1.82, 2.24) is 9.80 Å². The van der Waals surface area contributed by atoms with E-state index in [1.165, 1.54) is 0 Å². The molecule has 1 aliphatic heterocycles. The zero-order valence-electron chi connectivity index (χ0n) is 30.0. The summed E-state index contributed by atoms with van der Waals surface area (Å²) in [7, 11) is 1.75. The zero-order chi connectivity index (χ0) is 35.6. The molecule has 270 valence electrons. The molecule has 0 saturated heterocycles. The summed E-state index contributed by atoms with van der Waals surface area (Å²) in [4.78, 5) is 44.3. The van der Waals surface area contributed by atoms with Crippen molar-refractivity contribution in [3.05, 3.63) is 66.2 Å². The SMILES string of the molecule is C[C@H]1CCCCO[C@H](CN(C)C(=O)Nc2cccc3ccccc23)[C@@H](C)CN([C@@H](C)CO)C(=O)c2cc(NC(=O)C3CCCCC3)ccc2O1. The number of aliphatic hydroxyl groups is 1. The van der Waals surface area contributed by atoms with Crippen molar-refractivity contribution in [3.8, 4) is 5.75 Å². The molecule has 2 aliphatic rings. The maximum Gasteiger partial charge on any atom is 0.321 e. The van der Waals surface area contributed by atoms with E-state index in [2.05, 4.69) is 10.6 Å². The van der Waals surface area contributed by atoms with Crippen LogP contribution in [0, 0.1) is 11.8 Å². The smallest absolute Gasteiger partial charge is 0.321 e. The number of hydrogen-bond donors (Lipinski definition) is 3. The van der Waals surface area contributed by atoms with Crippen molar-refractivity contribution < 1.29 is 29.0 Å². The van der Waals surface area contributed by atoms with Crippen LogP contribution in [0.15, 0.2) is 60.7 Å². The number of fused-ring (bicyclic) bond motifs is 2. The van der Waals surface area contributed by atoms with Crippen molar-refractivity contribution in [3.63, 3.8) is 0 Å². The van der Waals surface area contributed by atoms with E-state index in [0.717, 1.165) is 67.8 Å². The second-order valence-corrected chi connectivity index (χ2v) is 14.2. The van der Waals surface area contributed by atoms with E-state index in [-0.39, 0.29) is 55.0 Å². The molecule has 1 aliphatic carbocycles. The van der Waals surface area contributed by atoms with Gasteiger partial charge in [-0.25, -0.2) is 4.79 Å². The molecule has 10 heteroatoms. The average molecular weight is 687 g/mol. The molecule has 5 rings (SSSR count). The van der Waals surface area contributed by atoms with Crippen LogP contribution in [-0.2, 0) is 9.53 Å². The van der Waals surface area contributed by atoms with Gasteiger partial charge < -0.3 is 35.0 Å². The number of amides is 4. The highest BCUT2D eigenvalue weighted by molar-refractivity contribution is 6.02. The van der Waals surface area contributed by atoms with Gasteiger partial charge in [0.2, 0.25) is 5.91 Å². The molecule has 3 N–H and O–H groups in total. The summed E-state index contributed by atoms with van der Waals surface area (Å²) in [6, 6.07) is 18.3. The van der Waals surface area contributed by atoms with Crippen LogP contribution in [0.5, 0.6) is 5.75 Å². The van der Waals surface area contributed by atoms with Crippen LogP contribution in [0.3, 0.4) is 0 Å². The third-order valence-corrected chi connectivity index (χ3v) is 10.1. The molecule has 50 heavy (non-hydrogen) atoms. The van der Waals surface area contributed by atoms with Gasteiger partial charge in [0, 0.05) is 49.7 Å². The number of ether oxygens (including phenoxy) is 2. The first-order valence-electron chi connectivity index (χ1n) is 18.3. The summed E-state index contributed by atoms with van der Waals surface area (Å²) in [6.45, 7) is 6.66. The first kappa shape index (κ1) is 37.1. The minimum atomic E-state index is -0.503. The number of urea groups is 1. The number of nitrogens with one attached hydrogen (secondary N) is 2. The molecule has 4 amide bonds. The standard InChI is InChI=1S/C40H54N4O6/c1-27-24-44(28(2)26-45)39(47)34-23-32(41-38(46)31-15-6-5-7-16-31)20-21-36(34)50-29(3)13-10-11-22-49-37(27)25-43(4)40(48)42-35-19-12-17-30-14-8-9-18-33(30)35/h8-9,12,14,17-21,23,27-29,31,37,45H,5-7,10-11,13,15-16,22,24-26H2,1-4H3,(H,41,46)(H,42,48)/t27-,28-,29-,37+/m0/s1. The van der Waals surface area contributed by atoms with E-state index < -0.39 is 6.04 Å². The van der Waals surface area contributed by atoms with Gasteiger partial charge in [0.25, 0.3) is 5.91 Å². The quantitative estimate of drug-likeness (QED) is 0.240. The summed E-state index contributed by atoms with van der Waals surface area (Å²) in [5.74, 6) is -0.0838. The zero-order valence-corrected chi connectivity index (χ0v) is 30.0. The normalized spacial score (nSPS) is 21.7. The molecule has 3 aromatic rings. The summed E-state index contributed by atoms with van der Waals surface area (Å²) in [5, 5.41) is 18.4. The number of benzene rings is 3. The molecule has 1 heterocycles. The van der Waals surface area contributed by atoms with E-state index in [4.69, 9.17) is 9.47 Å². The Kier molecular flexibility index (Phi) is 13.1. The van der Waals surface area contributed by atoms with E-state index in [0.29, 0.717) is 30.2 Å². The van der Waals surface area contributed by atoms with Gasteiger partial charge in [-0.15, -0.1) is 0 Å². The lowest BCUT2D eigenvalue weighted by Crippen LogP contribution is -2.48. The van der Waals surface area contributed by atoms with Crippen LogP contribution in [0.2, 0.25) is 0 Å². The van der Waals surface area contributed by atoms with E-state index in [1.54, 1.807) is 35.0 Å². The van der Waals surface area contributed by atoms with E-state index in [1.807, 2.05) is 63.2 Å². The molecular weight excluding hydrogens is 632 g/mol. The molecule has 10 nitrogen and oxygen atoms in total. The van der Waals surface area contributed by atoms with Crippen LogP contribution in [-0.4, -0.2) is 84.4 Å². The third kappa shape index (κ3) is 9.54. The summed E-state index contributed by atoms with van der Waals surface area (Å²) >= 11 is 0. The Morgan fingerprint density at radius 2 is 1.70 bits per heavy atom. The molecule has 1 saturated carbocycles. The van der Waals surface area contributed by atoms with Crippen molar-refractivity contribution in [1.29, 1.82) is 0 Å². The highest BCUT2D eigenvalue weighted by Gasteiger charge is 2.31. The van der Waals surface area contributed by atoms with Crippen LogP contribution in [0.25, 0.3) is 10.8 Å². The van der Waals surface area contributed by atoms with Crippen molar-refractivity contribution >= 4 is 40.0 Å². The van der Waals surface area contributed by atoms with Gasteiger partial charge >= 0.3 is 6.03 Å². The first-order valence-corrected chi connectivity index (χ1v) is 18.3. The fraction of sp³-hybridized carbons (Fsp3) is 0.525. The third-order valence-electron chi connectivity index (χ3n) is 10.1. The van der Waals surface area contributed by atoms with Gasteiger partial charge in [-0.1, -0.05) is 62.6 Å². The molecular formula is C40H54N4O6. The molecule has 0 unspecified atom stereocenters. The van der Waals surface area contributed by atoms with E-state index in [9.17, 15) is 19.5 Å². The van der Waals surface area contributed by atoms with Gasteiger partial charge in [-0.05, 0) is 75.6 Å². The maximum absolute atomic E-state index is 14.5. The highest BCUT2D eigenvalue weighted by atomic mass is 16.5. The molecule has 3 aromatic carbocycles. The van der Waals surface area contributed by atoms with Crippen molar-refractivity contribution in [2.75, 3.05) is 44.0 Å². The number of aliphatic hydroxyl groups excluding tert-OH is 1. The second kappa shape index (κ2) is 17.7. The van der Waals surface area contributed by atoms with Gasteiger partial charge in [0.1, 0.15) is 5.75 Å². The Morgan fingerprint density at radius 1 is 0.960 bits per heavy atom. The molecule has 0 radical (unpaired) electrons. The predicted molar refractivity (Wildman–Crippen MR) is 198 cm³/mol. The van der Waals surface area contributed by atoms with Crippen LogP contribution >= 0.6 is 0 Å². The van der Waals surface area contributed by atoms with Crippen LogP contribution < -0.4 is 15.4 Å². The van der Waals surface area contributed by atoms with Gasteiger partial charge in [-0.3, -0.25) is 9.59 Å². The Bertz CT molecular complexity index is 1600. The number of carbonyl (C=O) groups is 3. The average Bonchev–Trinajstić information content (AvgIpc) is 3.13. The Hall–Kier alpha value is -4.15. The molecule has 1 fully saturated rings. The molecule has 0 aromatic heterocycles. The van der Waals surface area contributed by atoms with Gasteiger partial charge in [-0.2, -0.15) is 0 Å². The lowest BCUT2D eigenvalue weighted by Gasteiger charge is -2.36. The number of likely N-dealkylation sites (N-methyl/N-ethyl adjacent to an activating group) is 1. The molecule has 4 atom stereocenters. The topological polar surface area (TPSA) is 120 Å². The largest absolute Gasteiger partial charge is 0.490 e. The van der Waals surface area contributed by atoms with Gasteiger partial charge in [0.05, 0.1) is 36.1 Å². The predicted octanol–water partition coefficient (Wildman–Crippen LogP) is 7.32. The summed E-state index contributed by atoms with van der Waals surface area (Å²) < 4.78 is 12.8. The van der Waals surface area contributed by atoms with Gasteiger partial charge in [0.15, 0.2) is 0 Å². The lowest BCUT2D eigenvalue weighted by atomic mass is 9.88. The molecule has 0 bridgehead atoms. The van der Waals surface area contributed by atoms with E-state index >= 15 is 0 Å². The number of rotatable bonds is 7. The number of anilines is 2. The lowest BCUT2D eigenvalue weighted by molar-refractivity contribution is -0.120. The van der Waals surface area contributed by atoms with Crippen LogP contribution in [0.1, 0.15) is 82.5 Å². The van der Waals surface area contributed by atoms with Crippen molar-refractivity contribution in [2.24, 2.45) is 11.8 Å². The van der Waals surface area contributed by atoms with Crippen molar-refractivity contribution in [2.45, 2.75) is 90.4 Å². The highest BCUT2D eigenvalue weighted by Crippen LogP contribution is 2.30.